The Kier molecular flexibility index (Phi) is 4.24. The number of hydrogen-bond donors (Lipinski definition) is 0. The van der Waals surface area contributed by atoms with Gasteiger partial charge in [-0.15, -0.1) is 0 Å². The molecule has 0 amide bonds. The van der Waals surface area contributed by atoms with Crippen molar-refractivity contribution in [3.05, 3.63) is 30.1 Å². The van der Waals surface area contributed by atoms with E-state index in [4.69, 9.17) is 0 Å². The quantitative estimate of drug-likeness (QED) is 0.743. The normalized spacial score (nSPS) is 25.5. The summed E-state index contributed by atoms with van der Waals surface area (Å²) >= 11 is 3.91. The van der Waals surface area contributed by atoms with Crippen LogP contribution < -0.4 is 0 Å². The molecule has 1 saturated carbocycles. The van der Waals surface area contributed by atoms with Gasteiger partial charge >= 0.3 is 0 Å². The first kappa shape index (κ1) is 13.1. The molecular formula is C15H22BrN. The molecule has 1 aromatic heterocycles. The lowest BCUT2D eigenvalue weighted by Gasteiger charge is -2.41. The average molecular weight is 296 g/mol. The average Bonchev–Trinajstić information content (AvgIpc) is 2.29. The van der Waals surface area contributed by atoms with Crippen LogP contribution in [-0.4, -0.2) is 9.81 Å². The second-order valence-corrected chi connectivity index (χ2v) is 7.06. The maximum absolute atomic E-state index is 4.43. The van der Waals surface area contributed by atoms with Gasteiger partial charge in [0.1, 0.15) is 0 Å². The molecule has 0 bridgehead atoms. The van der Waals surface area contributed by atoms with Crippen molar-refractivity contribution in [1.29, 1.82) is 0 Å². The zero-order chi connectivity index (χ0) is 12.3. The first-order chi connectivity index (χ1) is 8.09. The maximum atomic E-state index is 4.43. The molecule has 0 N–H and O–H groups in total. The van der Waals surface area contributed by atoms with Crippen molar-refractivity contribution in [3.8, 4) is 0 Å². The number of hydrogen-bond acceptors (Lipinski definition) is 1. The van der Waals surface area contributed by atoms with Crippen LogP contribution in [0.2, 0.25) is 0 Å². The van der Waals surface area contributed by atoms with Crippen LogP contribution in [0.15, 0.2) is 24.4 Å². The number of halogens is 1. The number of alkyl halides is 1. The Balaban J connectivity index is 2.02. The van der Waals surface area contributed by atoms with Crippen LogP contribution in [0.4, 0.5) is 0 Å². The highest BCUT2D eigenvalue weighted by Crippen LogP contribution is 2.44. The van der Waals surface area contributed by atoms with Gasteiger partial charge in [-0.1, -0.05) is 48.7 Å². The van der Waals surface area contributed by atoms with Crippen LogP contribution >= 0.6 is 15.9 Å². The van der Waals surface area contributed by atoms with Gasteiger partial charge in [0.15, 0.2) is 0 Å². The Morgan fingerprint density at radius 1 is 1.41 bits per heavy atom. The van der Waals surface area contributed by atoms with E-state index < -0.39 is 0 Å². The number of rotatable bonds is 3. The molecule has 1 aliphatic rings. The molecule has 0 radical (unpaired) electrons. The molecule has 2 atom stereocenters. The maximum Gasteiger partial charge on any atom is 0.0414 e. The first-order valence-corrected chi connectivity index (χ1v) is 7.55. The van der Waals surface area contributed by atoms with Crippen LogP contribution in [-0.2, 0) is 6.42 Å². The SMILES string of the molecule is CC1(C)CCCCC1C(Br)Cc1ccccn1. The van der Waals surface area contributed by atoms with E-state index in [1.165, 1.54) is 31.4 Å². The van der Waals surface area contributed by atoms with E-state index in [0.717, 1.165) is 12.3 Å². The molecule has 17 heavy (non-hydrogen) atoms. The third kappa shape index (κ3) is 3.31. The van der Waals surface area contributed by atoms with Crippen LogP contribution in [0.5, 0.6) is 0 Å². The molecule has 1 heterocycles. The molecular weight excluding hydrogens is 274 g/mol. The molecule has 94 valence electrons. The van der Waals surface area contributed by atoms with Crippen LogP contribution in [0, 0.1) is 11.3 Å². The third-order valence-electron chi connectivity index (χ3n) is 4.16. The number of nitrogens with zero attached hydrogens (tertiary/aromatic N) is 1. The lowest BCUT2D eigenvalue weighted by Crippen LogP contribution is -2.35. The molecule has 0 aromatic carbocycles. The van der Waals surface area contributed by atoms with E-state index in [-0.39, 0.29) is 0 Å². The standard InChI is InChI=1S/C15H22BrN/c1-15(2)9-5-3-8-13(15)14(16)11-12-7-4-6-10-17-12/h4,6-7,10,13-14H,3,5,8-9,11H2,1-2H3. The van der Waals surface area contributed by atoms with E-state index in [1.54, 1.807) is 0 Å². The molecule has 2 rings (SSSR count). The van der Waals surface area contributed by atoms with E-state index in [1.807, 2.05) is 12.3 Å². The Hall–Kier alpha value is -0.370. The predicted octanol–water partition coefficient (Wildman–Crippen LogP) is 4.60. The molecule has 1 aliphatic carbocycles. The Labute approximate surface area is 113 Å². The van der Waals surface area contributed by atoms with Crippen LogP contribution in [0.25, 0.3) is 0 Å². The zero-order valence-corrected chi connectivity index (χ0v) is 12.4. The van der Waals surface area contributed by atoms with Gasteiger partial charge in [0, 0.05) is 23.1 Å². The summed E-state index contributed by atoms with van der Waals surface area (Å²) in [6.45, 7) is 4.84. The zero-order valence-electron chi connectivity index (χ0n) is 10.8. The minimum Gasteiger partial charge on any atom is -0.261 e. The van der Waals surface area contributed by atoms with E-state index in [9.17, 15) is 0 Å². The van der Waals surface area contributed by atoms with Crippen molar-refractivity contribution in [2.75, 3.05) is 0 Å². The highest BCUT2D eigenvalue weighted by Gasteiger charge is 2.36. The summed E-state index contributed by atoms with van der Waals surface area (Å²) in [5.74, 6) is 0.776. The summed E-state index contributed by atoms with van der Waals surface area (Å²) in [7, 11) is 0. The highest BCUT2D eigenvalue weighted by molar-refractivity contribution is 9.09. The summed E-state index contributed by atoms with van der Waals surface area (Å²) in [6.07, 6.45) is 8.44. The lowest BCUT2D eigenvalue weighted by molar-refractivity contribution is 0.136. The van der Waals surface area contributed by atoms with Gasteiger partial charge in [-0.25, -0.2) is 0 Å². The number of aromatic nitrogens is 1. The van der Waals surface area contributed by atoms with Crippen molar-refractivity contribution in [2.45, 2.75) is 50.8 Å². The largest absolute Gasteiger partial charge is 0.261 e. The minimum atomic E-state index is 0.473. The summed E-state index contributed by atoms with van der Waals surface area (Å²) in [6, 6.07) is 6.19. The molecule has 2 heteroatoms. The van der Waals surface area contributed by atoms with Gasteiger partial charge in [0.25, 0.3) is 0 Å². The van der Waals surface area contributed by atoms with Gasteiger partial charge in [0.05, 0.1) is 0 Å². The van der Waals surface area contributed by atoms with E-state index in [0.29, 0.717) is 10.2 Å². The fourth-order valence-corrected chi connectivity index (χ4v) is 4.36. The second kappa shape index (κ2) is 5.51. The molecule has 1 nitrogen and oxygen atoms in total. The number of pyridine rings is 1. The summed E-state index contributed by atoms with van der Waals surface area (Å²) < 4.78 is 0. The van der Waals surface area contributed by atoms with Gasteiger partial charge in [-0.2, -0.15) is 0 Å². The van der Waals surface area contributed by atoms with E-state index in [2.05, 4.69) is 46.9 Å². The van der Waals surface area contributed by atoms with Crippen molar-refractivity contribution in [3.63, 3.8) is 0 Å². The fourth-order valence-electron chi connectivity index (χ4n) is 3.05. The second-order valence-electron chi connectivity index (χ2n) is 5.88. The molecule has 0 aliphatic heterocycles. The van der Waals surface area contributed by atoms with Gasteiger partial charge in [0.2, 0.25) is 0 Å². The van der Waals surface area contributed by atoms with Gasteiger partial charge in [-0.05, 0) is 36.3 Å². The van der Waals surface area contributed by atoms with Gasteiger partial charge < -0.3 is 0 Å². The third-order valence-corrected chi connectivity index (χ3v) is 5.12. The highest BCUT2D eigenvalue weighted by atomic mass is 79.9. The van der Waals surface area contributed by atoms with Crippen molar-refractivity contribution < 1.29 is 0 Å². The van der Waals surface area contributed by atoms with Crippen LogP contribution in [0.1, 0.15) is 45.2 Å². The van der Waals surface area contributed by atoms with Crippen molar-refractivity contribution >= 4 is 15.9 Å². The molecule has 0 spiro atoms. The smallest absolute Gasteiger partial charge is 0.0414 e. The summed E-state index contributed by atoms with van der Waals surface area (Å²) in [5, 5.41) is 0. The Morgan fingerprint density at radius 2 is 2.24 bits per heavy atom. The molecule has 0 saturated heterocycles. The van der Waals surface area contributed by atoms with Crippen LogP contribution in [0.3, 0.4) is 0 Å². The summed E-state index contributed by atoms with van der Waals surface area (Å²) in [5.41, 5.74) is 1.68. The molecule has 1 aromatic rings. The topological polar surface area (TPSA) is 12.9 Å². The van der Waals surface area contributed by atoms with Gasteiger partial charge in [-0.3, -0.25) is 4.98 Å². The Morgan fingerprint density at radius 3 is 2.88 bits per heavy atom. The predicted molar refractivity (Wildman–Crippen MR) is 76.4 cm³/mol. The van der Waals surface area contributed by atoms with Crippen molar-refractivity contribution in [1.82, 2.24) is 4.98 Å². The lowest BCUT2D eigenvalue weighted by atomic mass is 9.67. The molecule has 1 fully saturated rings. The fraction of sp³-hybridized carbons (Fsp3) is 0.667. The minimum absolute atomic E-state index is 0.473. The monoisotopic (exact) mass is 295 g/mol. The first-order valence-electron chi connectivity index (χ1n) is 6.63. The molecule has 2 unspecified atom stereocenters. The Bertz CT molecular complexity index is 347. The summed E-state index contributed by atoms with van der Waals surface area (Å²) in [4.78, 5) is 4.99. The van der Waals surface area contributed by atoms with E-state index >= 15 is 0 Å². The van der Waals surface area contributed by atoms with Crippen molar-refractivity contribution in [2.24, 2.45) is 11.3 Å².